The van der Waals surface area contributed by atoms with Gasteiger partial charge in [0.25, 0.3) is 5.79 Å². The molecule has 5 atom stereocenters. The monoisotopic (exact) mass is 503 g/mol. The van der Waals surface area contributed by atoms with Crippen LogP contribution in [-0.2, 0) is 48.3 Å². The van der Waals surface area contributed by atoms with E-state index in [2.05, 4.69) is 5.16 Å². The van der Waals surface area contributed by atoms with Gasteiger partial charge in [-0.15, -0.1) is 0 Å². The van der Waals surface area contributed by atoms with E-state index < -0.39 is 30.4 Å². The molecule has 0 aliphatic carbocycles. The van der Waals surface area contributed by atoms with Crippen LogP contribution < -0.4 is 0 Å². The fourth-order valence-corrected chi connectivity index (χ4v) is 4.75. The highest BCUT2D eigenvalue weighted by Gasteiger charge is 2.61. The van der Waals surface area contributed by atoms with E-state index in [1.54, 1.807) is 7.11 Å². The van der Waals surface area contributed by atoms with E-state index in [0.717, 1.165) is 22.4 Å². The average molecular weight is 504 g/mol. The summed E-state index contributed by atoms with van der Waals surface area (Å²) in [6, 6.07) is 30.0. The molecule has 0 saturated carbocycles. The number of benzene rings is 3. The number of ether oxygens (including phenoxy) is 5. The summed E-state index contributed by atoms with van der Waals surface area (Å²) in [6.07, 6.45) is -2.09. The first-order chi connectivity index (χ1) is 18.2. The summed E-state index contributed by atoms with van der Waals surface area (Å²) in [5.41, 5.74) is 3.93. The minimum Gasteiger partial charge on any atom is -0.368 e. The maximum atomic E-state index is 6.58. The Morgan fingerprint density at radius 3 is 1.68 bits per heavy atom. The van der Waals surface area contributed by atoms with Gasteiger partial charge in [0.05, 0.1) is 32.0 Å². The van der Waals surface area contributed by atoms with Gasteiger partial charge in [-0.1, -0.05) is 96.2 Å². The summed E-state index contributed by atoms with van der Waals surface area (Å²) in [5.74, 6) is -1.19. The first-order valence-electron chi connectivity index (χ1n) is 12.6. The van der Waals surface area contributed by atoms with Crippen LogP contribution in [0.4, 0.5) is 0 Å². The molecule has 7 nitrogen and oxygen atoms in total. The molecule has 1 fully saturated rings. The normalized spacial score (nSPS) is 27.1. The van der Waals surface area contributed by atoms with Gasteiger partial charge in [0.15, 0.2) is 12.4 Å². The van der Waals surface area contributed by atoms with Crippen molar-refractivity contribution in [1.29, 1.82) is 0 Å². The second-order valence-electron chi connectivity index (χ2n) is 9.37. The number of hydrogen-bond acceptors (Lipinski definition) is 7. The number of nitrogens with zero attached hydrogens (tertiary/aromatic N) is 1. The van der Waals surface area contributed by atoms with Gasteiger partial charge in [-0.05, 0) is 23.6 Å². The third kappa shape index (κ3) is 6.09. The molecule has 0 aromatic heterocycles. The van der Waals surface area contributed by atoms with Gasteiger partial charge in [-0.2, -0.15) is 0 Å². The number of hydrogen-bond donors (Lipinski definition) is 0. The van der Waals surface area contributed by atoms with Crippen LogP contribution in [0.25, 0.3) is 0 Å². The maximum Gasteiger partial charge on any atom is 0.273 e. The SMILES string of the molecule is CO[C@H]1O[C@@]2(CC(C)=NO2)[C@@H](OCc2ccccc2)[C@H](OCc2ccccc2)[C@H]1OCc1ccccc1. The molecule has 7 heteroatoms. The van der Waals surface area contributed by atoms with Crippen LogP contribution in [-0.4, -0.2) is 43.2 Å². The van der Waals surface area contributed by atoms with Crippen molar-refractivity contribution in [3.63, 3.8) is 0 Å². The Kier molecular flexibility index (Phi) is 8.28. The summed E-state index contributed by atoms with van der Waals surface area (Å²) in [4.78, 5) is 5.95. The molecule has 1 saturated heterocycles. The van der Waals surface area contributed by atoms with Gasteiger partial charge in [0, 0.05) is 7.11 Å². The topological polar surface area (TPSA) is 67.7 Å². The summed E-state index contributed by atoms with van der Waals surface area (Å²) in [6.45, 7) is 3.00. The van der Waals surface area contributed by atoms with E-state index >= 15 is 0 Å². The summed E-state index contributed by atoms with van der Waals surface area (Å²) in [7, 11) is 1.60. The second kappa shape index (κ2) is 12.0. The average Bonchev–Trinajstić information content (AvgIpc) is 3.32. The molecule has 194 valence electrons. The lowest BCUT2D eigenvalue weighted by molar-refractivity contribution is -0.407. The predicted octanol–water partition coefficient (Wildman–Crippen LogP) is 5.24. The third-order valence-corrected chi connectivity index (χ3v) is 6.57. The van der Waals surface area contributed by atoms with Crippen molar-refractivity contribution in [2.45, 2.75) is 63.6 Å². The van der Waals surface area contributed by atoms with Gasteiger partial charge >= 0.3 is 0 Å². The van der Waals surface area contributed by atoms with Crippen LogP contribution in [0.2, 0.25) is 0 Å². The van der Waals surface area contributed by atoms with Crippen molar-refractivity contribution in [1.82, 2.24) is 0 Å². The highest BCUT2D eigenvalue weighted by atomic mass is 16.8. The predicted molar refractivity (Wildman–Crippen MR) is 138 cm³/mol. The van der Waals surface area contributed by atoms with Crippen LogP contribution in [0, 0.1) is 0 Å². The smallest absolute Gasteiger partial charge is 0.273 e. The largest absolute Gasteiger partial charge is 0.368 e. The van der Waals surface area contributed by atoms with Crippen molar-refractivity contribution in [3.8, 4) is 0 Å². The molecule has 3 aromatic rings. The van der Waals surface area contributed by atoms with E-state index in [0.29, 0.717) is 26.2 Å². The van der Waals surface area contributed by atoms with Crippen molar-refractivity contribution < 1.29 is 28.5 Å². The molecular formula is C30H33NO6. The van der Waals surface area contributed by atoms with Crippen LogP contribution >= 0.6 is 0 Å². The van der Waals surface area contributed by atoms with Gasteiger partial charge in [0.1, 0.15) is 12.2 Å². The molecular weight excluding hydrogens is 470 g/mol. The Morgan fingerprint density at radius 2 is 1.22 bits per heavy atom. The molecule has 2 aliphatic rings. The zero-order valence-electron chi connectivity index (χ0n) is 21.2. The lowest BCUT2D eigenvalue weighted by Gasteiger charge is -2.48. The van der Waals surface area contributed by atoms with Gasteiger partial charge in [-0.25, -0.2) is 0 Å². The van der Waals surface area contributed by atoms with Crippen molar-refractivity contribution in [2.24, 2.45) is 5.16 Å². The third-order valence-electron chi connectivity index (χ3n) is 6.57. The minimum atomic E-state index is -1.19. The Labute approximate surface area is 217 Å². The first kappa shape index (κ1) is 25.6. The maximum absolute atomic E-state index is 6.58. The van der Waals surface area contributed by atoms with E-state index in [1.165, 1.54) is 0 Å². The van der Waals surface area contributed by atoms with Crippen LogP contribution in [0.15, 0.2) is 96.2 Å². The fourth-order valence-electron chi connectivity index (χ4n) is 4.75. The Balaban J connectivity index is 1.45. The Morgan fingerprint density at radius 1 is 0.730 bits per heavy atom. The van der Waals surface area contributed by atoms with Crippen LogP contribution in [0.3, 0.4) is 0 Å². The molecule has 2 heterocycles. The molecule has 37 heavy (non-hydrogen) atoms. The summed E-state index contributed by atoms with van der Waals surface area (Å²) < 4.78 is 31.8. The highest BCUT2D eigenvalue weighted by Crippen LogP contribution is 2.42. The zero-order valence-corrected chi connectivity index (χ0v) is 21.2. The van der Waals surface area contributed by atoms with E-state index in [1.807, 2.05) is 97.9 Å². The Bertz CT molecular complexity index is 1140. The van der Waals surface area contributed by atoms with Gasteiger partial charge in [0.2, 0.25) is 0 Å². The van der Waals surface area contributed by atoms with Crippen molar-refractivity contribution in [3.05, 3.63) is 108 Å². The standard InChI is InChI=1S/C30H33NO6/c1-22-18-30(37-31-22)28(35-21-25-16-10-5-11-17-25)26(33-19-23-12-6-3-7-13-23)27(29(32-2)36-30)34-20-24-14-8-4-9-15-24/h3-17,26-29H,18-21H2,1-2H3/t26-,27-,28+,29+,30-/m1/s1. The number of rotatable bonds is 10. The Hall–Kier alpha value is -3.07. The molecule has 0 amide bonds. The number of oxime groups is 1. The molecule has 2 aliphatic heterocycles. The molecule has 0 radical (unpaired) electrons. The molecule has 0 unspecified atom stereocenters. The van der Waals surface area contributed by atoms with Crippen LogP contribution in [0.5, 0.6) is 0 Å². The van der Waals surface area contributed by atoms with Crippen molar-refractivity contribution in [2.75, 3.05) is 7.11 Å². The first-order valence-corrected chi connectivity index (χ1v) is 12.6. The minimum absolute atomic E-state index is 0.354. The quantitative estimate of drug-likeness (QED) is 0.377. The zero-order chi connectivity index (χ0) is 25.5. The molecule has 0 N–H and O–H groups in total. The molecule has 3 aromatic carbocycles. The molecule has 1 spiro atoms. The van der Waals surface area contributed by atoms with Gasteiger partial charge in [-0.3, -0.25) is 0 Å². The molecule has 0 bridgehead atoms. The lowest BCUT2D eigenvalue weighted by Crippen LogP contribution is -2.66. The summed E-state index contributed by atoms with van der Waals surface area (Å²) in [5, 5.41) is 4.22. The summed E-state index contributed by atoms with van der Waals surface area (Å²) >= 11 is 0. The van der Waals surface area contributed by atoms with E-state index in [4.69, 9.17) is 28.5 Å². The van der Waals surface area contributed by atoms with Gasteiger partial charge < -0.3 is 28.5 Å². The van der Waals surface area contributed by atoms with E-state index in [9.17, 15) is 0 Å². The lowest BCUT2D eigenvalue weighted by atomic mass is 9.91. The van der Waals surface area contributed by atoms with Crippen LogP contribution in [0.1, 0.15) is 30.0 Å². The van der Waals surface area contributed by atoms with E-state index in [-0.39, 0.29) is 0 Å². The van der Waals surface area contributed by atoms with Crippen molar-refractivity contribution >= 4 is 5.71 Å². The number of methoxy groups -OCH3 is 1. The fraction of sp³-hybridized carbons (Fsp3) is 0.367. The molecule has 5 rings (SSSR count). The second-order valence-corrected chi connectivity index (χ2v) is 9.37. The highest BCUT2D eigenvalue weighted by molar-refractivity contribution is 5.83.